The molecule has 1 fully saturated rings. The summed E-state index contributed by atoms with van der Waals surface area (Å²) in [6.45, 7) is 8.05. The smallest absolute Gasteiger partial charge is 0.239 e. The van der Waals surface area contributed by atoms with Crippen LogP contribution in [0, 0.1) is 6.92 Å². The van der Waals surface area contributed by atoms with Gasteiger partial charge in [0.2, 0.25) is 5.91 Å². The van der Waals surface area contributed by atoms with Crippen LogP contribution >= 0.6 is 0 Å². The Labute approximate surface area is 150 Å². The number of aromatic nitrogens is 1. The van der Waals surface area contributed by atoms with Crippen LogP contribution in [0.3, 0.4) is 0 Å². The molecule has 1 aliphatic heterocycles. The van der Waals surface area contributed by atoms with Crippen molar-refractivity contribution in [3.63, 3.8) is 0 Å². The van der Waals surface area contributed by atoms with Gasteiger partial charge in [-0.25, -0.2) is 4.98 Å². The molecular weight excluding hydrogens is 316 g/mol. The fourth-order valence-corrected chi connectivity index (χ4v) is 2.88. The summed E-state index contributed by atoms with van der Waals surface area (Å²) in [5.74, 6) is 1.69. The highest BCUT2D eigenvalue weighted by Crippen LogP contribution is 2.18. The first-order valence-electron chi connectivity index (χ1n) is 8.93. The summed E-state index contributed by atoms with van der Waals surface area (Å²) >= 11 is 0. The van der Waals surface area contributed by atoms with Crippen molar-refractivity contribution in [2.24, 2.45) is 4.99 Å². The molecule has 1 amide bonds. The van der Waals surface area contributed by atoms with Crippen LogP contribution in [-0.2, 0) is 4.79 Å². The number of carbonyl (C=O) groups excluding carboxylic acids is 1. The number of carbonyl (C=O) groups is 1. The Hall–Kier alpha value is -2.31. The fraction of sp³-hybridized carbons (Fsp3) is 0.611. The molecule has 7 heteroatoms. The van der Waals surface area contributed by atoms with E-state index in [4.69, 9.17) is 0 Å². The lowest BCUT2D eigenvalue weighted by molar-refractivity contribution is -0.120. The quantitative estimate of drug-likeness (QED) is 0.548. The number of nitrogens with zero attached hydrogens (tertiary/aromatic N) is 3. The van der Waals surface area contributed by atoms with Gasteiger partial charge in [0.1, 0.15) is 5.82 Å². The molecule has 0 bridgehead atoms. The summed E-state index contributed by atoms with van der Waals surface area (Å²) in [7, 11) is 1.72. The first-order valence-corrected chi connectivity index (χ1v) is 8.93. The van der Waals surface area contributed by atoms with Crippen molar-refractivity contribution in [3.05, 3.63) is 23.9 Å². The van der Waals surface area contributed by atoms with Gasteiger partial charge in [0.05, 0.1) is 6.54 Å². The van der Waals surface area contributed by atoms with Crippen LogP contribution in [0.25, 0.3) is 0 Å². The molecule has 3 N–H and O–H groups in total. The van der Waals surface area contributed by atoms with E-state index in [1.54, 1.807) is 7.05 Å². The molecule has 1 aromatic rings. The van der Waals surface area contributed by atoms with Crippen molar-refractivity contribution in [1.82, 2.24) is 20.9 Å². The third-order valence-corrected chi connectivity index (χ3v) is 4.12. The summed E-state index contributed by atoms with van der Waals surface area (Å²) in [5, 5.41) is 9.34. The van der Waals surface area contributed by atoms with E-state index in [1.807, 2.05) is 26.8 Å². The van der Waals surface area contributed by atoms with Gasteiger partial charge in [-0.05, 0) is 45.7 Å². The Kier molecular flexibility index (Phi) is 7.03. The van der Waals surface area contributed by atoms with Gasteiger partial charge in [-0.15, -0.1) is 0 Å². The van der Waals surface area contributed by atoms with Gasteiger partial charge in [0.15, 0.2) is 5.96 Å². The molecular formula is C18H30N6O. The topological polar surface area (TPSA) is 81.6 Å². The number of rotatable bonds is 5. The van der Waals surface area contributed by atoms with E-state index in [-0.39, 0.29) is 18.5 Å². The van der Waals surface area contributed by atoms with Crippen LogP contribution in [-0.4, -0.2) is 55.6 Å². The molecule has 2 rings (SSSR count). The van der Waals surface area contributed by atoms with E-state index in [0.717, 1.165) is 37.4 Å². The number of nitrogens with one attached hydrogen (secondary N) is 3. The summed E-state index contributed by atoms with van der Waals surface area (Å²) < 4.78 is 0. The highest BCUT2D eigenvalue weighted by Gasteiger charge is 2.21. The lowest BCUT2D eigenvalue weighted by Gasteiger charge is -2.34. The summed E-state index contributed by atoms with van der Waals surface area (Å²) in [4.78, 5) is 22.8. The number of pyridine rings is 1. The molecule has 7 nitrogen and oxygen atoms in total. The highest BCUT2D eigenvalue weighted by molar-refractivity contribution is 5.86. The molecule has 0 atom stereocenters. The maximum atomic E-state index is 11.7. The predicted octanol–water partition coefficient (Wildman–Crippen LogP) is 1.05. The zero-order valence-corrected chi connectivity index (χ0v) is 15.7. The fourth-order valence-electron chi connectivity index (χ4n) is 2.88. The average Bonchev–Trinajstić information content (AvgIpc) is 2.58. The molecule has 1 saturated heterocycles. The van der Waals surface area contributed by atoms with Crippen molar-refractivity contribution in [1.29, 1.82) is 0 Å². The van der Waals surface area contributed by atoms with E-state index >= 15 is 0 Å². The van der Waals surface area contributed by atoms with Gasteiger partial charge in [-0.3, -0.25) is 9.79 Å². The van der Waals surface area contributed by atoms with Gasteiger partial charge in [-0.1, -0.05) is 6.07 Å². The van der Waals surface area contributed by atoms with E-state index in [9.17, 15) is 4.79 Å². The molecule has 0 unspecified atom stereocenters. The summed E-state index contributed by atoms with van der Waals surface area (Å²) in [6, 6.07) is 6.62. The van der Waals surface area contributed by atoms with Gasteiger partial charge in [0, 0.05) is 37.9 Å². The SMILES string of the molecule is CN=C(NCC(=O)NC(C)C)NC1CCN(c2cccc(C)n2)CC1. The molecule has 0 aromatic carbocycles. The van der Waals surface area contributed by atoms with Crippen molar-refractivity contribution in [2.45, 2.75) is 45.7 Å². The van der Waals surface area contributed by atoms with E-state index in [1.165, 1.54) is 0 Å². The van der Waals surface area contributed by atoms with E-state index in [2.05, 4.69) is 43.0 Å². The zero-order valence-electron chi connectivity index (χ0n) is 15.7. The van der Waals surface area contributed by atoms with E-state index < -0.39 is 0 Å². The second-order valence-corrected chi connectivity index (χ2v) is 6.69. The van der Waals surface area contributed by atoms with Gasteiger partial charge in [0.25, 0.3) is 0 Å². The van der Waals surface area contributed by atoms with Crippen LogP contribution in [0.4, 0.5) is 5.82 Å². The van der Waals surface area contributed by atoms with Gasteiger partial charge in [-0.2, -0.15) is 0 Å². The van der Waals surface area contributed by atoms with E-state index in [0.29, 0.717) is 12.0 Å². The summed E-state index contributed by atoms with van der Waals surface area (Å²) in [6.07, 6.45) is 2.02. The lowest BCUT2D eigenvalue weighted by Crippen LogP contribution is -2.50. The molecule has 1 aliphatic rings. The zero-order chi connectivity index (χ0) is 18.2. The normalized spacial score (nSPS) is 16.0. The van der Waals surface area contributed by atoms with Crippen LogP contribution < -0.4 is 20.9 Å². The number of hydrogen-bond acceptors (Lipinski definition) is 4. The Balaban J connectivity index is 1.77. The number of hydrogen-bond donors (Lipinski definition) is 3. The molecule has 25 heavy (non-hydrogen) atoms. The number of piperidine rings is 1. The minimum absolute atomic E-state index is 0.0294. The Morgan fingerprint density at radius 2 is 2.08 bits per heavy atom. The second kappa shape index (κ2) is 9.25. The first-order chi connectivity index (χ1) is 12.0. The maximum Gasteiger partial charge on any atom is 0.239 e. The summed E-state index contributed by atoms with van der Waals surface area (Å²) in [5.41, 5.74) is 1.04. The molecule has 2 heterocycles. The third kappa shape index (κ3) is 6.25. The van der Waals surface area contributed by atoms with Gasteiger partial charge >= 0.3 is 0 Å². The number of aryl methyl sites for hydroxylation is 1. The first kappa shape index (κ1) is 19.0. The van der Waals surface area contributed by atoms with Crippen LogP contribution in [0.1, 0.15) is 32.4 Å². The van der Waals surface area contributed by atoms with Crippen molar-refractivity contribution in [3.8, 4) is 0 Å². The Morgan fingerprint density at radius 1 is 1.36 bits per heavy atom. The standard InChI is InChI=1S/C18H30N6O/c1-13(2)21-17(25)12-20-18(19-4)23-15-8-10-24(11-9-15)16-7-5-6-14(3)22-16/h5-7,13,15H,8-12H2,1-4H3,(H,21,25)(H2,19,20,23). The predicted molar refractivity (Wildman–Crippen MR) is 102 cm³/mol. The average molecular weight is 346 g/mol. The van der Waals surface area contributed by atoms with Crippen LogP contribution in [0.15, 0.2) is 23.2 Å². The molecule has 0 radical (unpaired) electrons. The van der Waals surface area contributed by atoms with Crippen molar-refractivity contribution >= 4 is 17.7 Å². The number of amides is 1. The molecule has 138 valence electrons. The van der Waals surface area contributed by atoms with Crippen LogP contribution in [0.2, 0.25) is 0 Å². The molecule has 0 spiro atoms. The largest absolute Gasteiger partial charge is 0.356 e. The maximum absolute atomic E-state index is 11.7. The van der Waals surface area contributed by atoms with Gasteiger partial charge < -0.3 is 20.9 Å². The Bertz CT molecular complexity index is 593. The Morgan fingerprint density at radius 3 is 2.68 bits per heavy atom. The van der Waals surface area contributed by atoms with Crippen molar-refractivity contribution < 1.29 is 4.79 Å². The minimum Gasteiger partial charge on any atom is -0.356 e. The minimum atomic E-state index is -0.0294. The lowest BCUT2D eigenvalue weighted by atomic mass is 10.1. The number of aliphatic imine (C=N–C) groups is 1. The molecule has 0 saturated carbocycles. The van der Waals surface area contributed by atoms with Crippen LogP contribution in [0.5, 0.6) is 0 Å². The highest BCUT2D eigenvalue weighted by atomic mass is 16.1. The second-order valence-electron chi connectivity index (χ2n) is 6.69. The monoisotopic (exact) mass is 346 g/mol. The molecule has 1 aromatic heterocycles. The third-order valence-electron chi connectivity index (χ3n) is 4.12. The number of guanidine groups is 1. The molecule has 0 aliphatic carbocycles. The van der Waals surface area contributed by atoms with Crippen molar-refractivity contribution in [2.75, 3.05) is 31.6 Å². The number of anilines is 1.